The molecule has 0 aliphatic carbocycles. The van der Waals surface area contributed by atoms with Crippen molar-refractivity contribution in [1.82, 2.24) is 19.4 Å². The molecular formula is C30H33N5O. The topological polar surface area (TPSA) is 63.1 Å². The van der Waals surface area contributed by atoms with Gasteiger partial charge in [-0.3, -0.25) is 0 Å². The second kappa shape index (κ2) is 9.76. The van der Waals surface area contributed by atoms with Gasteiger partial charge >= 0.3 is 6.03 Å². The minimum atomic E-state index is -0.000355. The standard InChI is InChI=1S/C30H33N5O/c1-21-7-10-24(11-8-21)32-30(36)34-18-14-22(15-19-34)9-12-28-31-16-13-27(33-28)26-20-35-17-3-5-23-4-2-6-25(26)29(23)35/h2,4,6-8,10-11,13,16,20,22H,3,5,9,12,14-15,17-19H2,1H3,(H,32,36). The molecule has 2 aromatic carbocycles. The highest BCUT2D eigenvalue weighted by Crippen LogP contribution is 2.34. The average molecular weight is 480 g/mol. The van der Waals surface area contributed by atoms with Crippen molar-refractivity contribution in [2.45, 2.75) is 52.0 Å². The molecule has 0 bridgehead atoms. The molecule has 36 heavy (non-hydrogen) atoms. The fourth-order valence-corrected chi connectivity index (χ4v) is 5.73. The van der Waals surface area contributed by atoms with Gasteiger partial charge in [-0.05, 0) is 68.7 Å². The van der Waals surface area contributed by atoms with Gasteiger partial charge in [0.05, 0.1) is 11.2 Å². The first-order valence-corrected chi connectivity index (χ1v) is 13.2. The zero-order chi connectivity index (χ0) is 24.5. The number of urea groups is 1. The van der Waals surface area contributed by atoms with Crippen LogP contribution in [0.1, 0.15) is 42.6 Å². The summed E-state index contributed by atoms with van der Waals surface area (Å²) < 4.78 is 2.40. The predicted molar refractivity (Wildman–Crippen MR) is 144 cm³/mol. The first kappa shape index (κ1) is 22.8. The van der Waals surface area contributed by atoms with Gasteiger partial charge in [0.1, 0.15) is 5.82 Å². The summed E-state index contributed by atoms with van der Waals surface area (Å²) >= 11 is 0. The molecule has 4 heterocycles. The van der Waals surface area contributed by atoms with E-state index in [4.69, 9.17) is 4.98 Å². The van der Waals surface area contributed by atoms with Crippen LogP contribution in [0.5, 0.6) is 0 Å². The Morgan fingerprint density at radius 2 is 1.89 bits per heavy atom. The molecule has 184 valence electrons. The van der Waals surface area contributed by atoms with Gasteiger partial charge < -0.3 is 14.8 Å². The maximum Gasteiger partial charge on any atom is 0.321 e. The van der Waals surface area contributed by atoms with E-state index in [0.717, 1.165) is 68.9 Å². The lowest BCUT2D eigenvalue weighted by atomic mass is 9.92. The van der Waals surface area contributed by atoms with Crippen LogP contribution in [0.25, 0.3) is 22.2 Å². The van der Waals surface area contributed by atoms with Crippen molar-refractivity contribution in [3.05, 3.63) is 77.9 Å². The number of aromatic nitrogens is 3. The number of likely N-dealkylation sites (tertiary alicyclic amines) is 1. The van der Waals surface area contributed by atoms with Crippen LogP contribution in [-0.2, 0) is 19.4 Å². The van der Waals surface area contributed by atoms with Crippen LogP contribution in [0.4, 0.5) is 10.5 Å². The molecule has 0 radical (unpaired) electrons. The van der Waals surface area contributed by atoms with Gasteiger partial charge in [-0.15, -0.1) is 0 Å². The van der Waals surface area contributed by atoms with Crippen LogP contribution < -0.4 is 5.32 Å². The van der Waals surface area contributed by atoms with E-state index < -0.39 is 0 Å². The zero-order valence-electron chi connectivity index (χ0n) is 20.9. The number of benzene rings is 2. The predicted octanol–water partition coefficient (Wildman–Crippen LogP) is 6.23. The maximum absolute atomic E-state index is 12.6. The van der Waals surface area contributed by atoms with Gasteiger partial charge in [-0.1, -0.05) is 35.9 Å². The van der Waals surface area contributed by atoms with Gasteiger partial charge in [-0.25, -0.2) is 14.8 Å². The summed E-state index contributed by atoms with van der Waals surface area (Å²) in [6.07, 6.45) is 10.5. The molecule has 6 rings (SSSR count). The highest BCUT2D eigenvalue weighted by molar-refractivity contribution is 5.97. The summed E-state index contributed by atoms with van der Waals surface area (Å²) in [5.74, 6) is 1.51. The molecular weight excluding hydrogens is 446 g/mol. The number of para-hydroxylation sites is 1. The molecule has 2 aliphatic heterocycles. The van der Waals surface area contributed by atoms with Crippen molar-refractivity contribution in [1.29, 1.82) is 0 Å². The number of nitrogens with zero attached hydrogens (tertiary/aromatic N) is 4. The number of hydrogen-bond donors (Lipinski definition) is 1. The Kier molecular flexibility index (Phi) is 6.18. The van der Waals surface area contributed by atoms with Crippen molar-refractivity contribution in [3.63, 3.8) is 0 Å². The number of piperidine rings is 1. The Morgan fingerprint density at radius 1 is 1.06 bits per heavy atom. The number of hydrogen-bond acceptors (Lipinski definition) is 3. The molecule has 1 fully saturated rings. The van der Waals surface area contributed by atoms with Crippen molar-refractivity contribution in [2.75, 3.05) is 18.4 Å². The van der Waals surface area contributed by atoms with E-state index in [1.165, 1.54) is 34.0 Å². The second-order valence-corrected chi connectivity index (χ2v) is 10.3. The molecule has 0 saturated carbocycles. The van der Waals surface area contributed by atoms with E-state index in [9.17, 15) is 4.79 Å². The monoisotopic (exact) mass is 479 g/mol. The van der Waals surface area contributed by atoms with Crippen molar-refractivity contribution in [3.8, 4) is 11.3 Å². The smallest absolute Gasteiger partial charge is 0.321 e. The van der Waals surface area contributed by atoms with Crippen LogP contribution in [-0.4, -0.2) is 38.6 Å². The number of carbonyl (C=O) groups excluding carboxylic acids is 1. The van der Waals surface area contributed by atoms with E-state index >= 15 is 0 Å². The van der Waals surface area contributed by atoms with E-state index in [2.05, 4.69) is 39.3 Å². The summed E-state index contributed by atoms with van der Waals surface area (Å²) in [5, 5.41) is 4.32. The molecule has 0 atom stereocenters. The number of carbonyl (C=O) groups is 1. The van der Waals surface area contributed by atoms with E-state index in [-0.39, 0.29) is 6.03 Å². The normalized spacial score (nSPS) is 15.9. The molecule has 0 unspecified atom stereocenters. The van der Waals surface area contributed by atoms with E-state index in [0.29, 0.717) is 5.92 Å². The van der Waals surface area contributed by atoms with Gasteiger partial charge in [-0.2, -0.15) is 0 Å². The lowest BCUT2D eigenvalue weighted by Crippen LogP contribution is -2.41. The quantitative estimate of drug-likeness (QED) is 0.369. The number of amides is 2. The van der Waals surface area contributed by atoms with Crippen molar-refractivity contribution in [2.24, 2.45) is 5.92 Å². The third-order valence-corrected chi connectivity index (χ3v) is 7.79. The number of nitrogens with one attached hydrogen (secondary N) is 1. The second-order valence-electron chi connectivity index (χ2n) is 10.3. The first-order chi connectivity index (χ1) is 17.6. The highest BCUT2D eigenvalue weighted by Gasteiger charge is 2.23. The SMILES string of the molecule is Cc1ccc(NC(=O)N2CCC(CCc3nccc(-c4cn5c6c(cccc46)CCC5)n3)CC2)cc1. The van der Waals surface area contributed by atoms with Gasteiger partial charge in [0.25, 0.3) is 0 Å². The lowest BCUT2D eigenvalue weighted by Gasteiger charge is -2.32. The van der Waals surface area contributed by atoms with Gasteiger partial charge in [0.2, 0.25) is 0 Å². The Hall–Kier alpha value is -3.67. The van der Waals surface area contributed by atoms with Crippen LogP contribution in [0.15, 0.2) is 60.9 Å². The molecule has 4 aromatic rings. The molecule has 2 aromatic heterocycles. The van der Waals surface area contributed by atoms with E-state index in [1.807, 2.05) is 48.4 Å². The number of rotatable bonds is 5. The average Bonchev–Trinajstić information content (AvgIpc) is 3.30. The molecule has 1 N–H and O–H groups in total. The third kappa shape index (κ3) is 4.60. The summed E-state index contributed by atoms with van der Waals surface area (Å²) in [6, 6.07) is 16.6. The molecule has 6 nitrogen and oxygen atoms in total. The molecule has 1 saturated heterocycles. The summed E-state index contributed by atoms with van der Waals surface area (Å²) in [7, 11) is 0. The van der Waals surface area contributed by atoms with Gasteiger partial charge in [0.15, 0.2) is 0 Å². The Bertz CT molecular complexity index is 1380. The van der Waals surface area contributed by atoms with Crippen LogP contribution >= 0.6 is 0 Å². The fraction of sp³-hybridized carbons (Fsp3) is 0.367. The van der Waals surface area contributed by atoms with Crippen molar-refractivity contribution >= 4 is 22.6 Å². The number of anilines is 1. The van der Waals surface area contributed by atoms with Crippen LogP contribution in [0.3, 0.4) is 0 Å². The fourth-order valence-electron chi connectivity index (χ4n) is 5.73. The summed E-state index contributed by atoms with van der Waals surface area (Å²) in [6.45, 7) is 4.72. The van der Waals surface area contributed by atoms with Crippen LogP contribution in [0.2, 0.25) is 0 Å². The largest absolute Gasteiger partial charge is 0.347 e. The zero-order valence-corrected chi connectivity index (χ0v) is 20.9. The van der Waals surface area contributed by atoms with Gasteiger partial charge in [0, 0.05) is 55.1 Å². The Morgan fingerprint density at radius 3 is 2.72 bits per heavy atom. The molecule has 2 amide bonds. The maximum atomic E-state index is 12.6. The lowest BCUT2D eigenvalue weighted by molar-refractivity contribution is 0.180. The van der Waals surface area contributed by atoms with E-state index in [1.54, 1.807) is 0 Å². The molecule has 0 spiro atoms. The summed E-state index contributed by atoms with van der Waals surface area (Å²) in [4.78, 5) is 24.1. The molecule has 2 aliphatic rings. The number of aryl methyl sites for hydroxylation is 4. The Balaban J connectivity index is 1.06. The highest BCUT2D eigenvalue weighted by atomic mass is 16.2. The third-order valence-electron chi connectivity index (χ3n) is 7.79. The first-order valence-electron chi connectivity index (χ1n) is 13.2. The minimum absolute atomic E-state index is 0.000355. The minimum Gasteiger partial charge on any atom is -0.347 e. The molecule has 6 heteroatoms. The van der Waals surface area contributed by atoms with Crippen LogP contribution in [0, 0.1) is 12.8 Å². The summed E-state index contributed by atoms with van der Waals surface area (Å²) in [5.41, 5.74) is 7.09. The Labute approximate surface area is 212 Å². The van der Waals surface area contributed by atoms with Crippen molar-refractivity contribution < 1.29 is 4.79 Å².